The molecule has 0 spiro atoms. The lowest BCUT2D eigenvalue weighted by molar-refractivity contribution is -0.145. The minimum atomic E-state index is -1.40. The number of carbonyl (C=O) groups is 1. The molecule has 1 aromatic carbocycles. The maximum absolute atomic E-state index is 10.3. The van der Waals surface area contributed by atoms with E-state index in [4.69, 9.17) is 21.8 Å². The lowest BCUT2D eigenvalue weighted by atomic mass is 10.2. The summed E-state index contributed by atoms with van der Waals surface area (Å²) in [6, 6.07) is 5.20. The molecule has 0 amide bonds. The van der Waals surface area contributed by atoms with Gasteiger partial charge in [0.15, 0.2) is 6.10 Å². The zero-order valence-electron chi connectivity index (χ0n) is 8.20. The minimum absolute atomic E-state index is 0.0300. The molecule has 3 N–H and O–H groups in total. The van der Waals surface area contributed by atoms with Gasteiger partial charge in [-0.1, -0.05) is 11.6 Å². The Morgan fingerprint density at radius 3 is 2.80 bits per heavy atom. The zero-order chi connectivity index (χ0) is 11.4. The fraction of sp³-hybridized carbons (Fsp3) is 0.300. The predicted octanol–water partition coefficient (Wildman–Crippen LogP) is 1.51. The minimum Gasteiger partial charge on any atom is -0.479 e. The van der Waals surface area contributed by atoms with Gasteiger partial charge in [-0.3, -0.25) is 0 Å². The molecule has 82 valence electrons. The van der Waals surface area contributed by atoms with E-state index in [0.29, 0.717) is 5.02 Å². The van der Waals surface area contributed by atoms with Crippen molar-refractivity contribution in [1.82, 2.24) is 0 Å². The third-order valence-electron chi connectivity index (χ3n) is 1.96. The average molecular weight is 230 g/mol. The van der Waals surface area contributed by atoms with E-state index in [0.717, 1.165) is 11.3 Å². The largest absolute Gasteiger partial charge is 0.479 e. The van der Waals surface area contributed by atoms with Crippen LogP contribution in [0.1, 0.15) is 5.56 Å². The van der Waals surface area contributed by atoms with Gasteiger partial charge in [-0.15, -0.1) is 0 Å². The highest BCUT2D eigenvalue weighted by Crippen LogP contribution is 2.19. The van der Waals surface area contributed by atoms with Gasteiger partial charge in [0.1, 0.15) is 0 Å². The summed E-state index contributed by atoms with van der Waals surface area (Å²) in [4.78, 5) is 10.3. The number of carboxylic acids is 1. The van der Waals surface area contributed by atoms with Crippen LogP contribution in [0.25, 0.3) is 0 Å². The fourth-order valence-electron chi connectivity index (χ4n) is 1.12. The van der Waals surface area contributed by atoms with Gasteiger partial charge in [0.25, 0.3) is 0 Å². The highest BCUT2D eigenvalue weighted by Gasteiger charge is 2.12. The molecule has 0 aromatic heterocycles. The Labute approximate surface area is 92.5 Å². The summed E-state index contributed by atoms with van der Waals surface area (Å²) in [6.45, 7) is 1.82. The van der Waals surface area contributed by atoms with E-state index in [1.807, 2.05) is 6.92 Å². The van der Waals surface area contributed by atoms with Crippen molar-refractivity contribution in [2.45, 2.75) is 13.0 Å². The molecule has 1 atom stereocenters. The summed E-state index contributed by atoms with van der Waals surface area (Å²) in [5, 5.41) is 21.0. The molecule has 0 fully saturated rings. The second kappa shape index (κ2) is 5.00. The number of aliphatic hydroxyl groups excluding tert-OH is 1. The normalized spacial score (nSPS) is 12.2. The average Bonchev–Trinajstić information content (AvgIpc) is 2.15. The number of hydrogen-bond acceptors (Lipinski definition) is 3. The smallest absolute Gasteiger partial charge is 0.334 e. The topological polar surface area (TPSA) is 69.6 Å². The molecule has 0 aliphatic carbocycles. The quantitative estimate of drug-likeness (QED) is 0.732. The number of benzene rings is 1. The number of aliphatic hydroxyl groups is 1. The van der Waals surface area contributed by atoms with Crippen molar-refractivity contribution < 1.29 is 15.0 Å². The molecule has 0 aliphatic rings. The van der Waals surface area contributed by atoms with Gasteiger partial charge in [-0.2, -0.15) is 0 Å². The monoisotopic (exact) mass is 229 g/mol. The number of nitrogens with one attached hydrogen (secondary N) is 1. The lowest BCUT2D eigenvalue weighted by Crippen LogP contribution is -2.28. The highest BCUT2D eigenvalue weighted by atomic mass is 35.5. The molecule has 0 bridgehead atoms. The third kappa shape index (κ3) is 3.42. The Morgan fingerprint density at radius 2 is 2.27 bits per heavy atom. The molecular weight excluding hydrogens is 218 g/mol. The summed E-state index contributed by atoms with van der Waals surface area (Å²) in [7, 11) is 0. The Balaban J connectivity index is 2.62. The number of aliphatic carboxylic acids is 1. The molecule has 0 radical (unpaired) electrons. The molecular formula is C10H12ClNO3. The predicted molar refractivity (Wildman–Crippen MR) is 58.3 cm³/mol. The Hall–Kier alpha value is -1.26. The first-order chi connectivity index (χ1) is 7.00. The fourth-order valence-corrected chi connectivity index (χ4v) is 1.35. The van der Waals surface area contributed by atoms with E-state index in [-0.39, 0.29) is 6.54 Å². The molecule has 4 nitrogen and oxygen atoms in total. The van der Waals surface area contributed by atoms with E-state index >= 15 is 0 Å². The van der Waals surface area contributed by atoms with Crippen LogP contribution in [-0.2, 0) is 4.79 Å². The van der Waals surface area contributed by atoms with Gasteiger partial charge in [0, 0.05) is 10.7 Å². The van der Waals surface area contributed by atoms with Gasteiger partial charge >= 0.3 is 5.97 Å². The summed E-state index contributed by atoms with van der Waals surface area (Å²) >= 11 is 5.76. The molecule has 15 heavy (non-hydrogen) atoms. The van der Waals surface area contributed by atoms with Crippen LogP contribution in [0.2, 0.25) is 5.02 Å². The molecule has 0 saturated heterocycles. The van der Waals surface area contributed by atoms with Crippen molar-refractivity contribution in [1.29, 1.82) is 0 Å². The second-order valence-electron chi connectivity index (χ2n) is 3.19. The molecule has 1 unspecified atom stereocenters. The molecule has 0 aliphatic heterocycles. The van der Waals surface area contributed by atoms with Crippen molar-refractivity contribution in [3.05, 3.63) is 28.8 Å². The van der Waals surface area contributed by atoms with Crippen molar-refractivity contribution in [2.75, 3.05) is 11.9 Å². The summed E-state index contributed by atoms with van der Waals surface area (Å²) in [5.41, 5.74) is 1.67. The molecule has 1 aromatic rings. The van der Waals surface area contributed by atoms with Crippen LogP contribution in [0.4, 0.5) is 5.69 Å². The van der Waals surface area contributed by atoms with Gasteiger partial charge < -0.3 is 15.5 Å². The number of halogens is 1. The number of anilines is 1. The van der Waals surface area contributed by atoms with Crippen molar-refractivity contribution in [3.63, 3.8) is 0 Å². The number of hydrogen-bond donors (Lipinski definition) is 3. The van der Waals surface area contributed by atoms with Crippen LogP contribution >= 0.6 is 11.6 Å². The maximum Gasteiger partial charge on any atom is 0.334 e. The first-order valence-corrected chi connectivity index (χ1v) is 4.79. The van der Waals surface area contributed by atoms with Crippen molar-refractivity contribution in [2.24, 2.45) is 0 Å². The van der Waals surface area contributed by atoms with Crippen molar-refractivity contribution >= 4 is 23.3 Å². The van der Waals surface area contributed by atoms with Crippen LogP contribution < -0.4 is 5.32 Å². The lowest BCUT2D eigenvalue weighted by Gasteiger charge is -2.11. The number of aryl methyl sites for hydroxylation is 1. The molecule has 5 heteroatoms. The van der Waals surface area contributed by atoms with E-state index in [9.17, 15) is 4.79 Å². The zero-order valence-corrected chi connectivity index (χ0v) is 8.95. The number of carboxylic acid groups (broad SMARTS) is 1. The third-order valence-corrected chi connectivity index (χ3v) is 2.19. The summed E-state index contributed by atoms with van der Waals surface area (Å²) < 4.78 is 0. The standard InChI is InChI=1S/C10H12ClNO3/c1-6-4-7(11)2-3-8(6)12-5-9(13)10(14)15/h2-4,9,12-13H,5H2,1H3,(H,14,15). The summed E-state index contributed by atoms with van der Waals surface area (Å²) in [6.07, 6.45) is -1.40. The molecule has 0 heterocycles. The van der Waals surface area contributed by atoms with Crippen LogP contribution in [-0.4, -0.2) is 28.8 Å². The second-order valence-corrected chi connectivity index (χ2v) is 3.63. The first-order valence-electron chi connectivity index (χ1n) is 4.41. The van der Waals surface area contributed by atoms with E-state index < -0.39 is 12.1 Å². The van der Waals surface area contributed by atoms with E-state index in [2.05, 4.69) is 5.32 Å². The van der Waals surface area contributed by atoms with Gasteiger partial charge in [-0.25, -0.2) is 4.79 Å². The van der Waals surface area contributed by atoms with E-state index in [1.165, 1.54) is 0 Å². The SMILES string of the molecule is Cc1cc(Cl)ccc1NCC(O)C(=O)O. The Morgan fingerprint density at radius 1 is 1.60 bits per heavy atom. The van der Waals surface area contributed by atoms with E-state index in [1.54, 1.807) is 18.2 Å². The van der Waals surface area contributed by atoms with Crippen LogP contribution in [0.15, 0.2) is 18.2 Å². The van der Waals surface area contributed by atoms with Crippen LogP contribution in [0.5, 0.6) is 0 Å². The molecule has 1 rings (SSSR count). The summed E-state index contributed by atoms with van der Waals surface area (Å²) in [5.74, 6) is -1.24. The van der Waals surface area contributed by atoms with Gasteiger partial charge in [-0.05, 0) is 30.7 Å². The van der Waals surface area contributed by atoms with Gasteiger partial charge in [0.05, 0.1) is 6.54 Å². The van der Waals surface area contributed by atoms with Crippen LogP contribution in [0.3, 0.4) is 0 Å². The highest BCUT2D eigenvalue weighted by molar-refractivity contribution is 6.30. The first kappa shape index (κ1) is 11.8. The molecule has 0 saturated carbocycles. The van der Waals surface area contributed by atoms with Crippen LogP contribution in [0, 0.1) is 6.92 Å². The van der Waals surface area contributed by atoms with Gasteiger partial charge in [0.2, 0.25) is 0 Å². The maximum atomic E-state index is 10.3. The van der Waals surface area contributed by atoms with Crippen molar-refractivity contribution in [3.8, 4) is 0 Å². The number of rotatable bonds is 4. The Bertz CT molecular complexity index is 368. The Kier molecular flexibility index (Phi) is 3.94.